The maximum atomic E-state index is 3.72. The molecule has 0 bridgehead atoms. The van der Waals surface area contributed by atoms with Crippen LogP contribution in [0.15, 0.2) is 29.1 Å². The predicted molar refractivity (Wildman–Crippen MR) is 42.8 cm³/mol. The molecule has 1 aromatic rings. The molecule has 1 aromatic heterocycles. The van der Waals surface area contributed by atoms with E-state index in [9.17, 15) is 0 Å². The maximum Gasteiger partial charge on any atom is 0.0490 e. The van der Waals surface area contributed by atoms with Crippen molar-refractivity contribution in [3.8, 4) is 0 Å². The van der Waals surface area contributed by atoms with E-state index in [0.29, 0.717) is 0 Å². The first-order valence-corrected chi connectivity index (χ1v) is 3.68. The second-order valence-corrected chi connectivity index (χ2v) is 2.70. The zero-order valence-electron chi connectivity index (χ0n) is 5.35. The third-order valence-corrected chi connectivity index (χ3v) is 1.56. The molecule has 1 nitrogen and oxygen atoms in total. The average Bonchev–Trinajstić information content (AvgIpc) is 2.15. The minimum absolute atomic E-state index is 0.980. The molecule has 48 valence electrons. The number of rotatable bonds is 2. The Bertz CT molecular complexity index is 189. The van der Waals surface area contributed by atoms with Gasteiger partial charge in [0.15, 0.2) is 0 Å². The van der Waals surface area contributed by atoms with Crippen molar-refractivity contribution in [3.05, 3.63) is 29.1 Å². The van der Waals surface area contributed by atoms with Gasteiger partial charge in [-0.25, -0.2) is 0 Å². The molecular formula is C7H9NS. The molecule has 0 aliphatic carbocycles. The highest BCUT2D eigenvalue weighted by atomic mass is 32.1. The number of hydrogen-bond acceptors (Lipinski definition) is 2. The molecule has 0 unspecified atom stereocenters. The van der Waals surface area contributed by atoms with E-state index >= 15 is 0 Å². The Balaban J connectivity index is 2.58. The van der Waals surface area contributed by atoms with Crippen molar-refractivity contribution < 1.29 is 0 Å². The van der Waals surface area contributed by atoms with E-state index in [1.165, 1.54) is 0 Å². The Morgan fingerprint density at radius 1 is 1.78 bits per heavy atom. The molecular weight excluding hydrogens is 130 g/mol. The summed E-state index contributed by atoms with van der Waals surface area (Å²) in [4.78, 5) is 0. The van der Waals surface area contributed by atoms with Crippen molar-refractivity contribution >= 4 is 17.0 Å². The lowest BCUT2D eigenvalue weighted by molar-refractivity contribution is 1.41. The van der Waals surface area contributed by atoms with Crippen LogP contribution >= 0.6 is 11.3 Å². The maximum absolute atomic E-state index is 3.72. The minimum Gasteiger partial charge on any atom is -0.359 e. The quantitative estimate of drug-likeness (QED) is 0.664. The van der Waals surface area contributed by atoms with Crippen LogP contribution in [0.5, 0.6) is 0 Å². The lowest BCUT2D eigenvalue weighted by atomic mass is 10.5. The standard InChI is InChI=1S/C7H9NS/c1-6(2)8-7-3-4-9-5-7/h3-5,8H,1H2,2H3. The highest BCUT2D eigenvalue weighted by Gasteiger charge is 1.87. The van der Waals surface area contributed by atoms with Crippen molar-refractivity contribution in [2.45, 2.75) is 6.92 Å². The van der Waals surface area contributed by atoms with Crippen molar-refractivity contribution in [1.82, 2.24) is 0 Å². The van der Waals surface area contributed by atoms with Gasteiger partial charge < -0.3 is 5.32 Å². The van der Waals surface area contributed by atoms with Crippen LogP contribution in [0.3, 0.4) is 0 Å². The topological polar surface area (TPSA) is 12.0 Å². The minimum atomic E-state index is 0.980. The number of thiophene rings is 1. The number of nitrogens with one attached hydrogen (secondary N) is 1. The summed E-state index contributed by atoms with van der Waals surface area (Å²) in [5.41, 5.74) is 2.11. The van der Waals surface area contributed by atoms with Gasteiger partial charge in [0.25, 0.3) is 0 Å². The van der Waals surface area contributed by atoms with E-state index in [2.05, 4.69) is 17.3 Å². The zero-order chi connectivity index (χ0) is 6.69. The molecule has 0 atom stereocenters. The van der Waals surface area contributed by atoms with Gasteiger partial charge in [-0.15, -0.1) is 0 Å². The van der Waals surface area contributed by atoms with Crippen molar-refractivity contribution in [1.29, 1.82) is 0 Å². The van der Waals surface area contributed by atoms with Crippen LogP contribution in [0, 0.1) is 0 Å². The van der Waals surface area contributed by atoms with Crippen LogP contribution in [0.4, 0.5) is 5.69 Å². The van der Waals surface area contributed by atoms with E-state index < -0.39 is 0 Å². The molecule has 0 spiro atoms. The lowest BCUT2D eigenvalue weighted by Gasteiger charge is -1.98. The van der Waals surface area contributed by atoms with Gasteiger partial charge in [0.2, 0.25) is 0 Å². The number of hydrogen-bond donors (Lipinski definition) is 1. The lowest BCUT2D eigenvalue weighted by Crippen LogP contribution is -1.89. The fraction of sp³-hybridized carbons (Fsp3) is 0.143. The molecule has 0 fully saturated rings. The SMILES string of the molecule is C=C(C)Nc1ccsc1. The highest BCUT2D eigenvalue weighted by Crippen LogP contribution is 2.12. The van der Waals surface area contributed by atoms with Gasteiger partial charge in [-0.2, -0.15) is 11.3 Å². The normalized spacial score (nSPS) is 9.00. The smallest absolute Gasteiger partial charge is 0.0490 e. The molecule has 1 N–H and O–H groups in total. The summed E-state index contributed by atoms with van der Waals surface area (Å²) < 4.78 is 0. The first kappa shape index (κ1) is 6.36. The van der Waals surface area contributed by atoms with Crippen LogP contribution in [-0.4, -0.2) is 0 Å². The largest absolute Gasteiger partial charge is 0.359 e. The van der Waals surface area contributed by atoms with Crippen LogP contribution in [0.25, 0.3) is 0 Å². The molecule has 1 rings (SSSR count). The van der Waals surface area contributed by atoms with E-state index in [4.69, 9.17) is 0 Å². The second kappa shape index (κ2) is 2.69. The fourth-order valence-corrected chi connectivity index (χ4v) is 1.17. The molecule has 0 saturated heterocycles. The summed E-state index contributed by atoms with van der Waals surface area (Å²) in [5.74, 6) is 0. The second-order valence-electron chi connectivity index (χ2n) is 1.92. The Morgan fingerprint density at radius 3 is 3.00 bits per heavy atom. The third-order valence-electron chi connectivity index (χ3n) is 0.879. The van der Waals surface area contributed by atoms with Gasteiger partial charge in [-0.1, -0.05) is 6.58 Å². The van der Waals surface area contributed by atoms with E-state index in [0.717, 1.165) is 11.4 Å². The van der Waals surface area contributed by atoms with E-state index in [1.54, 1.807) is 11.3 Å². The summed E-state index contributed by atoms with van der Waals surface area (Å²) >= 11 is 1.68. The average molecular weight is 139 g/mol. The van der Waals surface area contributed by atoms with Gasteiger partial charge in [0.05, 0.1) is 0 Å². The number of anilines is 1. The van der Waals surface area contributed by atoms with Gasteiger partial charge >= 0.3 is 0 Å². The summed E-state index contributed by atoms with van der Waals surface area (Å²) in [7, 11) is 0. The Kier molecular flexibility index (Phi) is 1.90. The van der Waals surface area contributed by atoms with Gasteiger partial charge in [-0.3, -0.25) is 0 Å². The Hall–Kier alpha value is -0.760. The molecule has 0 aliphatic heterocycles. The Labute approximate surface area is 59.0 Å². The first-order valence-electron chi connectivity index (χ1n) is 2.74. The van der Waals surface area contributed by atoms with Crippen LogP contribution in [-0.2, 0) is 0 Å². The van der Waals surface area contributed by atoms with Gasteiger partial charge in [0.1, 0.15) is 0 Å². The summed E-state index contributed by atoms with van der Waals surface area (Å²) in [6.07, 6.45) is 0. The number of allylic oxidation sites excluding steroid dienone is 1. The molecule has 0 saturated carbocycles. The van der Waals surface area contributed by atoms with Gasteiger partial charge in [0, 0.05) is 16.8 Å². The van der Waals surface area contributed by atoms with Gasteiger partial charge in [-0.05, 0) is 18.4 Å². The van der Waals surface area contributed by atoms with Crippen LogP contribution in [0.2, 0.25) is 0 Å². The van der Waals surface area contributed by atoms with Crippen molar-refractivity contribution in [2.75, 3.05) is 5.32 Å². The van der Waals surface area contributed by atoms with Crippen molar-refractivity contribution in [2.24, 2.45) is 0 Å². The highest BCUT2D eigenvalue weighted by molar-refractivity contribution is 7.08. The summed E-state index contributed by atoms with van der Waals surface area (Å²) in [6, 6.07) is 2.03. The summed E-state index contributed by atoms with van der Waals surface area (Å²) in [5, 5.41) is 7.18. The van der Waals surface area contributed by atoms with E-state index in [1.807, 2.05) is 18.4 Å². The predicted octanol–water partition coefficient (Wildman–Crippen LogP) is 2.69. The fourth-order valence-electron chi connectivity index (χ4n) is 0.582. The molecule has 9 heavy (non-hydrogen) atoms. The summed E-state index contributed by atoms with van der Waals surface area (Å²) in [6.45, 7) is 5.67. The molecule has 2 heteroatoms. The molecule has 0 aromatic carbocycles. The molecule has 0 amide bonds. The molecule has 1 heterocycles. The van der Waals surface area contributed by atoms with Crippen LogP contribution < -0.4 is 5.32 Å². The molecule has 0 radical (unpaired) electrons. The monoisotopic (exact) mass is 139 g/mol. The zero-order valence-corrected chi connectivity index (χ0v) is 6.16. The van der Waals surface area contributed by atoms with Crippen molar-refractivity contribution in [3.63, 3.8) is 0 Å². The Morgan fingerprint density at radius 2 is 2.56 bits per heavy atom. The van der Waals surface area contributed by atoms with Crippen LogP contribution in [0.1, 0.15) is 6.92 Å². The van der Waals surface area contributed by atoms with E-state index in [-0.39, 0.29) is 0 Å². The first-order chi connectivity index (χ1) is 4.29. The molecule has 0 aliphatic rings. The third kappa shape index (κ3) is 1.90.